The first-order valence-electron chi connectivity index (χ1n) is 8.16. The quantitative estimate of drug-likeness (QED) is 0.817. The van der Waals surface area contributed by atoms with Gasteiger partial charge >= 0.3 is 0 Å². The fourth-order valence-corrected chi connectivity index (χ4v) is 3.73. The Morgan fingerprint density at radius 1 is 1.43 bits per heavy atom. The molecule has 0 spiro atoms. The van der Waals surface area contributed by atoms with Crippen LogP contribution in [0.5, 0.6) is 5.75 Å². The van der Waals surface area contributed by atoms with Crippen LogP contribution in [0.25, 0.3) is 0 Å². The molecule has 0 amide bonds. The lowest BCUT2D eigenvalue weighted by atomic mass is 10.1. The summed E-state index contributed by atoms with van der Waals surface area (Å²) in [6.07, 6.45) is 4.77. The molecule has 2 aliphatic rings. The lowest BCUT2D eigenvalue weighted by Gasteiger charge is -2.25. The Morgan fingerprint density at radius 3 is 3.19 bits per heavy atom. The zero-order valence-corrected chi connectivity index (χ0v) is 13.6. The maximum Gasteiger partial charge on any atom is 0.127 e. The molecule has 4 heteroatoms. The van der Waals surface area contributed by atoms with Crippen LogP contribution in [0.4, 0.5) is 0 Å². The van der Waals surface area contributed by atoms with Crippen LogP contribution < -0.4 is 10.1 Å². The summed E-state index contributed by atoms with van der Waals surface area (Å²) < 4.78 is 5.83. The highest BCUT2D eigenvalue weighted by Crippen LogP contribution is 2.34. The fraction of sp³-hybridized carbons (Fsp3) is 0.647. The van der Waals surface area contributed by atoms with E-state index in [4.69, 9.17) is 16.3 Å². The Balaban J connectivity index is 1.68. The van der Waals surface area contributed by atoms with Crippen molar-refractivity contribution in [1.82, 2.24) is 10.2 Å². The summed E-state index contributed by atoms with van der Waals surface area (Å²) in [5, 5.41) is 4.40. The molecule has 1 aromatic rings. The van der Waals surface area contributed by atoms with E-state index in [2.05, 4.69) is 29.3 Å². The van der Waals surface area contributed by atoms with Crippen LogP contribution >= 0.6 is 11.6 Å². The number of fused-ring (bicyclic) bond motifs is 1. The highest BCUT2D eigenvalue weighted by Gasteiger charge is 2.26. The minimum Gasteiger partial charge on any atom is -0.493 e. The van der Waals surface area contributed by atoms with Gasteiger partial charge in [-0.25, -0.2) is 0 Å². The molecule has 1 saturated heterocycles. The SMILES string of the molecule is CCCNCC1CCCN1Cc1cc(Cl)cc2c1OCC2. The highest BCUT2D eigenvalue weighted by molar-refractivity contribution is 6.30. The zero-order chi connectivity index (χ0) is 14.7. The van der Waals surface area contributed by atoms with Gasteiger partial charge < -0.3 is 10.1 Å². The largest absolute Gasteiger partial charge is 0.493 e. The second-order valence-electron chi connectivity index (χ2n) is 6.12. The number of benzene rings is 1. The van der Waals surface area contributed by atoms with Crippen LogP contribution in [-0.2, 0) is 13.0 Å². The van der Waals surface area contributed by atoms with Gasteiger partial charge in [-0.05, 0) is 50.0 Å². The van der Waals surface area contributed by atoms with Gasteiger partial charge in [-0.2, -0.15) is 0 Å². The lowest BCUT2D eigenvalue weighted by Crippen LogP contribution is -2.37. The van der Waals surface area contributed by atoms with E-state index >= 15 is 0 Å². The summed E-state index contributed by atoms with van der Waals surface area (Å²) in [5.41, 5.74) is 2.54. The Hall–Kier alpha value is -0.770. The summed E-state index contributed by atoms with van der Waals surface area (Å²) in [7, 11) is 0. The minimum atomic E-state index is 0.646. The molecule has 1 aromatic carbocycles. The van der Waals surface area contributed by atoms with Gasteiger partial charge in [0.05, 0.1) is 6.61 Å². The molecule has 0 radical (unpaired) electrons. The third kappa shape index (κ3) is 3.53. The monoisotopic (exact) mass is 308 g/mol. The summed E-state index contributed by atoms with van der Waals surface area (Å²) >= 11 is 6.27. The van der Waals surface area contributed by atoms with Crippen molar-refractivity contribution in [1.29, 1.82) is 0 Å². The van der Waals surface area contributed by atoms with Gasteiger partial charge in [0.15, 0.2) is 0 Å². The van der Waals surface area contributed by atoms with E-state index in [-0.39, 0.29) is 0 Å². The molecule has 1 fully saturated rings. The summed E-state index contributed by atoms with van der Waals surface area (Å²) in [5.74, 6) is 1.09. The average Bonchev–Trinajstić information content (AvgIpc) is 3.08. The average molecular weight is 309 g/mol. The Kier molecular flexibility index (Phi) is 5.04. The van der Waals surface area contributed by atoms with E-state index in [1.807, 2.05) is 0 Å². The van der Waals surface area contributed by atoms with Gasteiger partial charge in [-0.3, -0.25) is 4.90 Å². The first kappa shape index (κ1) is 15.1. The van der Waals surface area contributed by atoms with Crippen molar-refractivity contribution < 1.29 is 4.74 Å². The zero-order valence-electron chi connectivity index (χ0n) is 12.8. The minimum absolute atomic E-state index is 0.646. The Morgan fingerprint density at radius 2 is 2.33 bits per heavy atom. The maximum absolute atomic E-state index is 6.27. The van der Waals surface area contributed by atoms with E-state index in [1.165, 1.54) is 36.9 Å². The van der Waals surface area contributed by atoms with Crippen LogP contribution in [0.2, 0.25) is 5.02 Å². The topological polar surface area (TPSA) is 24.5 Å². The molecule has 1 unspecified atom stereocenters. The van der Waals surface area contributed by atoms with Gasteiger partial charge in [0.1, 0.15) is 5.75 Å². The molecule has 2 aliphatic heterocycles. The molecule has 0 aromatic heterocycles. The van der Waals surface area contributed by atoms with Crippen molar-refractivity contribution in [2.75, 3.05) is 26.2 Å². The van der Waals surface area contributed by atoms with Crippen molar-refractivity contribution in [3.05, 3.63) is 28.3 Å². The maximum atomic E-state index is 6.27. The van der Waals surface area contributed by atoms with Gasteiger partial charge in [0.2, 0.25) is 0 Å². The van der Waals surface area contributed by atoms with Crippen molar-refractivity contribution in [2.24, 2.45) is 0 Å². The molecule has 1 N–H and O–H groups in total. The summed E-state index contributed by atoms with van der Waals surface area (Å²) in [6.45, 7) is 7.36. The molecular formula is C17H25ClN2O. The molecule has 1 atom stereocenters. The molecule has 0 bridgehead atoms. The predicted octanol–water partition coefficient (Wildman–Crippen LogP) is 3.24. The van der Waals surface area contributed by atoms with E-state index in [0.717, 1.165) is 43.4 Å². The summed E-state index contributed by atoms with van der Waals surface area (Å²) in [6, 6.07) is 4.78. The molecule has 3 nitrogen and oxygen atoms in total. The molecule has 3 rings (SSSR count). The second kappa shape index (κ2) is 6.99. The van der Waals surface area contributed by atoms with Gasteiger partial charge in [-0.1, -0.05) is 18.5 Å². The smallest absolute Gasteiger partial charge is 0.127 e. The van der Waals surface area contributed by atoms with E-state index in [0.29, 0.717) is 6.04 Å². The van der Waals surface area contributed by atoms with Crippen LogP contribution in [-0.4, -0.2) is 37.2 Å². The number of hydrogen-bond acceptors (Lipinski definition) is 3. The summed E-state index contributed by atoms with van der Waals surface area (Å²) in [4.78, 5) is 2.58. The number of hydrogen-bond donors (Lipinski definition) is 1. The van der Waals surface area contributed by atoms with Crippen LogP contribution in [0, 0.1) is 0 Å². The molecular weight excluding hydrogens is 284 g/mol. The lowest BCUT2D eigenvalue weighted by molar-refractivity contribution is 0.235. The normalized spacial score (nSPS) is 21.5. The predicted molar refractivity (Wildman–Crippen MR) is 87.2 cm³/mol. The van der Waals surface area contributed by atoms with Crippen molar-refractivity contribution >= 4 is 11.6 Å². The molecule has 0 saturated carbocycles. The number of likely N-dealkylation sites (tertiary alicyclic amines) is 1. The van der Waals surface area contributed by atoms with Gasteiger partial charge in [0, 0.05) is 36.1 Å². The van der Waals surface area contributed by atoms with E-state index < -0.39 is 0 Å². The first-order chi connectivity index (χ1) is 10.3. The van der Waals surface area contributed by atoms with Crippen LogP contribution in [0.3, 0.4) is 0 Å². The third-order valence-corrected chi connectivity index (χ3v) is 4.72. The van der Waals surface area contributed by atoms with Crippen molar-refractivity contribution in [3.63, 3.8) is 0 Å². The first-order valence-corrected chi connectivity index (χ1v) is 8.54. The molecule has 0 aliphatic carbocycles. The Bertz CT molecular complexity index is 492. The van der Waals surface area contributed by atoms with Crippen LogP contribution in [0.1, 0.15) is 37.3 Å². The third-order valence-electron chi connectivity index (χ3n) is 4.50. The number of nitrogens with zero attached hydrogens (tertiary/aromatic N) is 1. The standard InChI is InChI=1S/C17H25ClN2O/c1-2-6-19-11-16-4-3-7-20(16)12-14-10-15(18)9-13-5-8-21-17(13)14/h9-10,16,19H,2-8,11-12H2,1H3. The van der Waals surface area contributed by atoms with E-state index in [9.17, 15) is 0 Å². The molecule has 21 heavy (non-hydrogen) atoms. The number of ether oxygens (including phenoxy) is 1. The van der Waals surface area contributed by atoms with Crippen LogP contribution in [0.15, 0.2) is 12.1 Å². The van der Waals surface area contributed by atoms with Crippen molar-refractivity contribution in [3.8, 4) is 5.75 Å². The Labute approximate surface area is 132 Å². The number of rotatable bonds is 6. The van der Waals surface area contributed by atoms with E-state index in [1.54, 1.807) is 0 Å². The van der Waals surface area contributed by atoms with Gasteiger partial charge in [0.25, 0.3) is 0 Å². The van der Waals surface area contributed by atoms with Gasteiger partial charge in [-0.15, -0.1) is 0 Å². The molecule has 2 heterocycles. The molecule has 116 valence electrons. The van der Waals surface area contributed by atoms with Crippen molar-refractivity contribution in [2.45, 2.75) is 45.2 Å². The second-order valence-corrected chi connectivity index (χ2v) is 6.56. The number of nitrogens with one attached hydrogen (secondary N) is 1. The number of halogens is 1. The fourth-order valence-electron chi connectivity index (χ4n) is 3.46. The highest BCUT2D eigenvalue weighted by atomic mass is 35.5.